The second-order valence-electron chi connectivity index (χ2n) is 1.40. The molecule has 1 aliphatic carbocycles. The average Bonchev–Trinajstić information content (AvgIpc) is 1.76. The van der Waals surface area contributed by atoms with Crippen molar-refractivity contribution >= 4 is 0 Å². The van der Waals surface area contributed by atoms with Crippen LogP contribution in [0.25, 0.3) is 0 Å². The van der Waals surface area contributed by atoms with Crippen molar-refractivity contribution in [2.45, 2.75) is 19.3 Å². The third-order valence-corrected chi connectivity index (χ3v) is 0.908. The van der Waals surface area contributed by atoms with Crippen LogP contribution in [0.1, 0.15) is 19.3 Å². The average molecular weight is 104 g/mol. The molecule has 7 heavy (non-hydrogen) atoms. The Morgan fingerprint density at radius 2 is 1.29 bits per heavy atom. The molecule has 4 N–H and O–H groups in total. The lowest BCUT2D eigenvalue weighted by atomic mass is 10.4. The first kappa shape index (κ1) is 9.83. The van der Waals surface area contributed by atoms with Crippen LogP contribution in [0.15, 0.2) is 12.2 Å². The molecule has 0 saturated heterocycles. The SMILES string of the molecule is C1=CCCC1.O.O. The molecule has 0 fully saturated rings. The van der Waals surface area contributed by atoms with E-state index in [2.05, 4.69) is 12.2 Å². The minimum Gasteiger partial charge on any atom is -0.412 e. The highest BCUT2D eigenvalue weighted by atomic mass is 16.0. The van der Waals surface area contributed by atoms with Crippen LogP contribution in [0.3, 0.4) is 0 Å². The van der Waals surface area contributed by atoms with Crippen molar-refractivity contribution in [1.29, 1.82) is 0 Å². The summed E-state index contributed by atoms with van der Waals surface area (Å²) in [5.74, 6) is 0. The van der Waals surface area contributed by atoms with E-state index in [0.717, 1.165) is 0 Å². The van der Waals surface area contributed by atoms with Crippen molar-refractivity contribution in [3.05, 3.63) is 12.2 Å². The molecule has 0 bridgehead atoms. The molecule has 0 aliphatic heterocycles. The van der Waals surface area contributed by atoms with Gasteiger partial charge in [-0.1, -0.05) is 12.2 Å². The zero-order valence-electron chi connectivity index (χ0n) is 4.28. The first-order valence-corrected chi connectivity index (χ1v) is 2.15. The maximum Gasteiger partial charge on any atom is -0.0348 e. The van der Waals surface area contributed by atoms with Gasteiger partial charge >= 0.3 is 0 Å². The van der Waals surface area contributed by atoms with Crippen LogP contribution in [0.4, 0.5) is 0 Å². The number of rotatable bonds is 0. The third kappa shape index (κ3) is 3.49. The molecule has 1 aliphatic rings. The summed E-state index contributed by atoms with van der Waals surface area (Å²) >= 11 is 0. The molecule has 1 rings (SSSR count). The monoisotopic (exact) mass is 104 g/mol. The Morgan fingerprint density at radius 3 is 1.43 bits per heavy atom. The number of hydrogen-bond donors (Lipinski definition) is 0. The van der Waals surface area contributed by atoms with Gasteiger partial charge in [0.2, 0.25) is 0 Å². The summed E-state index contributed by atoms with van der Waals surface area (Å²) < 4.78 is 0. The van der Waals surface area contributed by atoms with Crippen molar-refractivity contribution in [1.82, 2.24) is 0 Å². The molecule has 0 unspecified atom stereocenters. The fraction of sp³-hybridized carbons (Fsp3) is 0.600. The lowest BCUT2D eigenvalue weighted by molar-refractivity contribution is 0.823. The Morgan fingerprint density at radius 1 is 0.857 bits per heavy atom. The molecule has 0 aromatic heterocycles. The highest BCUT2D eigenvalue weighted by molar-refractivity contribution is 4.88. The predicted octanol–water partition coefficient (Wildman–Crippen LogP) is 0.0771. The van der Waals surface area contributed by atoms with Gasteiger partial charge in [0.1, 0.15) is 0 Å². The van der Waals surface area contributed by atoms with Gasteiger partial charge in [0.15, 0.2) is 0 Å². The second kappa shape index (κ2) is 5.66. The summed E-state index contributed by atoms with van der Waals surface area (Å²) in [5, 5.41) is 0. The van der Waals surface area contributed by atoms with E-state index in [-0.39, 0.29) is 11.0 Å². The molecule has 44 valence electrons. The molecule has 2 nitrogen and oxygen atoms in total. The van der Waals surface area contributed by atoms with Gasteiger partial charge in [0.25, 0.3) is 0 Å². The summed E-state index contributed by atoms with van der Waals surface area (Å²) in [6, 6.07) is 0. The molecule has 0 spiro atoms. The van der Waals surface area contributed by atoms with Crippen molar-refractivity contribution < 1.29 is 11.0 Å². The van der Waals surface area contributed by atoms with Gasteiger partial charge in [0, 0.05) is 0 Å². The van der Waals surface area contributed by atoms with Crippen LogP contribution in [0.2, 0.25) is 0 Å². The van der Waals surface area contributed by atoms with E-state index in [1.165, 1.54) is 19.3 Å². The highest BCUT2D eigenvalue weighted by Crippen LogP contribution is 2.05. The summed E-state index contributed by atoms with van der Waals surface area (Å²) in [4.78, 5) is 0. The van der Waals surface area contributed by atoms with E-state index >= 15 is 0 Å². The lowest BCUT2D eigenvalue weighted by Crippen LogP contribution is -1.50. The van der Waals surface area contributed by atoms with Crippen LogP contribution in [0, 0.1) is 0 Å². The maximum absolute atomic E-state index is 2.24. The minimum atomic E-state index is 0. The van der Waals surface area contributed by atoms with Crippen LogP contribution in [0.5, 0.6) is 0 Å². The van der Waals surface area contributed by atoms with Crippen molar-refractivity contribution in [2.24, 2.45) is 0 Å². The summed E-state index contributed by atoms with van der Waals surface area (Å²) in [6.45, 7) is 0. The van der Waals surface area contributed by atoms with E-state index < -0.39 is 0 Å². The molecule has 2 heteroatoms. The standard InChI is InChI=1S/C5H8.2H2O/c1-2-4-5-3-1;;/h1-2H,3-5H2;2*1H2. The zero-order valence-corrected chi connectivity index (χ0v) is 4.28. The van der Waals surface area contributed by atoms with Crippen molar-refractivity contribution in [3.63, 3.8) is 0 Å². The second-order valence-corrected chi connectivity index (χ2v) is 1.40. The lowest BCUT2D eigenvalue weighted by Gasteiger charge is -1.69. The molecule has 0 aromatic rings. The van der Waals surface area contributed by atoms with Gasteiger partial charge < -0.3 is 11.0 Å². The Kier molecular flexibility index (Phi) is 7.94. The molecule has 0 heterocycles. The fourth-order valence-corrected chi connectivity index (χ4v) is 0.589. The predicted molar refractivity (Wildman–Crippen MR) is 30.2 cm³/mol. The quantitative estimate of drug-likeness (QED) is 0.391. The normalized spacial score (nSPS) is 14.9. The Balaban J connectivity index is 0. The van der Waals surface area contributed by atoms with Crippen LogP contribution < -0.4 is 0 Å². The smallest absolute Gasteiger partial charge is 0.0348 e. The first-order chi connectivity index (χ1) is 2.50. The van der Waals surface area contributed by atoms with Crippen LogP contribution in [-0.4, -0.2) is 11.0 Å². The van der Waals surface area contributed by atoms with E-state index in [9.17, 15) is 0 Å². The highest BCUT2D eigenvalue weighted by Gasteiger charge is 1.84. The fourth-order valence-electron chi connectivity index (χ4n) is 0.589. The van der Waals surface area contributed by atoms with Crippen molar-refractivity contribution in [2.75, 3.05) is 0 Å². The zero-order chi connectivity index (χ0) is 3.54. The van der Waals surface area contributed by atoms with Crippen LogP contribution in [-0.2, 0) is 0 Å². The van der Waals surface area contributed by atoms with E-state index in [4.69, 9.17) is 0 Å². The van der Waals surface area contributed by atoms with E-state index in [1.54, 1.807) is 0 Å². The molecule has 0 amide bonds. The molecule has 0 saturated carbocycles. The molecule has 0 radical (unpaired) electrons. The molecule has 0 aromatic carbocycles. The Labute approximate surface area is 43.5 Å². The minimum absolute atomic E-state index is 0. The van der Waals surface area contributed by atoms with Gasteiger partial charge in [0.05, 0.1) is 0 Å². The topological polar surface area (TPSA) is 63.0 Å². The first-order valence-electron chi connectivity index (χ1n) is 2.15. The van der Waals surface area contributed by atoms with Gasteiger partial charge in [-0.2, -0.15) is 0 Å². The largest absolute Gasteiger partial charge is 0.412 e. The molecular formula is C5H12O2. The van der Waals surface area contributed by atoms with E-state index in [0.29, 0.717) is 0 Å². The third-order valence-electron chi connectivity index (χ3n) is 0.908. The van der Waals surface area contributed by atoms with Crippen LogP contribution >= 0.6 is 0 Å². The van der Waals surface area contributed by atoms with Gasteiger partial charge in [-0.3, -0.25) is 0 Å². The Hall–Kier alpha value is -0.340. The molecule has 0 atom stereocenters. The number of allylic oxidation sites excluding steroid dienone is 2. The van der Waals surface area contributed by atoms with Gasteiger partial charge in [-0.15, -0.1) is 0 Å². The summed E-state index contributed by atoms with van der Waals surface area (Å²) in [5.41, 5.74) is 0. The van der Waals surface area contributed by atoms with Crippen molar-refractivity contribution in [3.8, 4) is 0 Å². The van der Waals surface area contributed by atoms with Gasteiger partial charge in [-0.05, 0) is 19.3 Å². The van der Waals surface area contributed by atoms with Gasteiger partial charge in [-0.25, -0.2) is 0 Å². The summed E-state index contributed by atoms with van der Waals surface area (Å²) in [7, 11) is 0. The number of hydrogen-bond acceptors (Lipinski definition) is 0. The molecular weight excluding hydrogens is 92.1 g/mol. The van der Waals surface area contributed by atoms with E-state index in [1.807, 2.05) is 0 Å². The summed E-state index contributed by atoms with van der Waals surface area (Å²) in [6.07, 6.45) is 8.50. The maximum atomic E-state index is 2.24. The Bertz CT molecular complexity index is 44.0.